The Morgan fingerprint density at radius 2 is 1.89 bits per heavy atom. The highest BCUT2D eigenvalue weighted by Gasteiger charge is 2.39. The Balaban J connectivity index is 1.46. The minimum Gasteiger partial charge on any atom is -0.340 e. The molecular formula is C27H28Cl2F4N4O. The summed E-state index contributed by atoms with van der Waals surface area (Å²) >= 11 is 12.4. The molecule has 204 valence electrons. The molecule has 4 rings (SSSR count). The van der Waals surface area contributed by atoms with Crippen LogP contribution in [0.5, 0.6) is 0 Å². The number of amides is 1. The van der Waals surface area contributed by atoms with Gasteiger partial charge in [0.2, 0.25) is 5.91 Å². The molecule has 0 radical (unpaired) electrons. The maximum Gasteiger partial charge on any atom is 0.419 e. The van der Waals surface area contributed by atoms with E-state index in [0.29, 0.717) is 35.1 Å². The summed E-state index contributed by atoms with van der Waals surface area (Å²) in [6, 6.07) is 8.18. The van der Waals surface area contributed by atoms with Crippen molar-refractivity contribution >= 4 is 29.1 Å². The number of nitrogens with zero attached hydrogens (tertiary/aromatic N) is 4. The zero-order chi connectivity index (χ0) is 27.4. The molecule has 0 spiro atoms. The van der Waals surface area contributed by atoms with E-state index < -0.39 is 17.6 Å². The van der Waals surface area contributed by atoms with E-state index in [0.717, 1.165) is 37.1 Å². The molecule has 0 aliphatic carbocycles. The van der Waals surface area contributed by atoms with E-state index in [9.17, 15) is 22.4 Å². The number of benzene rings is 2. The first-order valence-corrected chi connectivity index (χ1v) is 13.0. The second-order valence-electron chi connectivity index (χ2n) is 9.63. The summed E-state index contributed by atoms with van der Waals surface area (Å²) in [6.45, 7) is 1.90. The Morgan fingerprint density at radius 1 is 1.11 bits per heavy atom. The zero-order valence-electron chi connectivity index (χ0n) is 20.8. The summed E-state index contributed by atoms with van der Waals surface area (Å²) in [6.07, 6.45) is 2.57. The topological polar surface area (TPSA) is 41.4 Å². The molecule has 0 N–H and O–H groups in total. The lowest BCUT2D eigenvalue weighted by molar-refractivity contribution is -0.140. The van der Waals surface area contributed by atoms with E-state index in [1.54, 1.807) is 24.7 Å². The van der Waals surface area contributed by atoms with Crippen LogP contribution in [0, 0.1) is 5.82 Å². The summed E-state index contributed by atoms with van der Waals surface area (Å²) in [5, 5.41) is 0.823. The molecule has 1 fully saturated rings. The standard InChI is InChI=1S/C27H28Cl2F4N4O/c1-35(14-18-5-7-21(24(30)12-18)27(31,32)33)25-16-37(15-20(25)19-6-8-22(28)23(29)13-19)26(38)4-2-3-10-36-11-9-34-17-36/h5-9,11-13,17,20,25H,2-4,10,14-16H2,1H3/t20-,25?/m1/s1. The van der Waals surface area contributed by atoms with E-state index in [2.05, 4.69) is 4.98 Å². The van der Waals surface area contributed by atoms with Crippen molar-refractivity contribution in [1.82, 2.24) is 19.4 Å². The third kappa shape index (κ3) is 6.87. The Morgan fingerprint density at radius 3 is 2.55 bits per heavy atom. The number of carbonyl (C=O) groups excluding carboxylic acids is 1. The molecule has 0 bridgehead atoms. The molecule has 2 heterocycles. The summed E-state index contributed by atoms with van der Waals surface area (Å²) in [4.78, 5) is 20.9. The van der Waals surface area contributed by atoms with Gasteiger partial charge in [0.25, 0.3) is 0 Å². The van der Waals surface area contributed by atoms with Gasteiger partial charge in [0.05, 0.1) is 21.9 Å². The average Bonchev–Trinajstić information content (AvgIpc) is 3.53. The SMILES string of the molecule is CN(Cc1ccc(C(F)(F)F)c(F)c1)C1CN(C(=O)CCCCn2ccnc2)C[C@@H]1c1ccc(Cl)c(Cl)c1. The van der Waals surface area contributed by atoms with E-state index >= 15 is 0 Å². The lowest BCUT2D eigenvalue weighted by Gasteiger charge is -2.29. The predicted molar refractivity (Wildman–Crippen MR) is 139 cm³/mol. The molecule has 1 saturated heterocycles. The molecule has 1 aliphatic rings. The van der Waals surface area contributed by atoms with Gasteiger partial charge < -0.3 is 9.47 Å². The van der Waals surface area contributed by atoms with Crippen molar-refractivity contribution in [2.75, 3.05) is 20.1 Å². The fourth-order valence-electron chi connectivity index (χ4n) is 4.95. The van der Waals surface area contributed by atoms with Crippen molar-refractivity contribution in [3.05, 3.63) is 87.7 Å². The summed E-state index contributed by atoms with van der Waals surface area (Å²) in [5.74, 6) is -1.37. The maximum atomic E-state index is 14.2. The molecular weight excluding hydrogens is 543 g/mol. The molecule has 5 nitrogen and oxygen atoms in total. The highest BCUT2D eigenvalue weighted by atomic mass is 35.5. The van der Waals surface area contributed by atoms with Crippen molar-refractivity contribution in [1.29, 1.82) is 0 Å². The quantitative estimate of drug-likeness (QED) is 0.214. The van der Waals surface area contributed by atoms with Crippen LogP contribution in [-0.2, 0) is 24.1 Å². The summed E-state index contributed by atoms with van der Waals surface area (Å²) in [7, 11) is 1.82. The largest absolute Gasteiger partial charge is 0.419 e. The second kappa shape index (κ2) is 12.1. The number of halogens is 6. The minimum atomic E-state index is -4.75. The van der Waals surface area contributed by atoms with Crippen molar-refractivity contribution in [3.63, 3.8) is 0 Å². The maximum absolute atomic E-state index is 14.2. The number of rotatable bonds is 9. The molecule has 0 saturated carbocycles. The summed E-state index contributed by atoms with van der Waals surface area (Å²) in [5.41, 5.74) is 0.0312. The monoisotopic (exact) mass is 570 g/mol. The van der Waals surface area contributed by atoms with Crippen molar-refractivity contribution in [2.45, 2.75) is 50.5 Å². The number of imidazole rings is 1. The minimum absolute atomic E-state index is 0.0390. The Hall–Kier alpha value is -2.62. The highest BCUT2D eigenvalue weighted by Crippen LogP contribution is 2.36. The predicted octanol–water partition coefficient (Wildman–Crippen LogP) is 6.64. The van der Waals surface area contributed by atoms with Gasteiger partial charge in [-0.3, -0.25) is 9.69 Å². The van der Waals surface area contributed by atoms with Crippen LogP contribution in [0.4, 0.5) is 17.6 Å². The van der Waals surface area contributed by atoms with Crippen LogP contribution >= 0.6 is 23.2 Å². The number of carbonyl (C=O) groups is 1. The van der Waals surface area contributed by atoms with Crippen molar-refractivity contribution < 1.29 is 22.4 Å². The van der Waals surface area contributed by atoms with Crippen LogP contribution < -0.4 is 0 Å². The number of alkyl halides is 3. The summed E-state index contributed by atoms with van der Waals surface area (Å²) < 4.78 is 55.1. The molecule has 1 aliphatic heterocycles. The van der Waals surface area contributed by atoms with Crippen LogP contribution in [0.15, 0.2) is 55.1 Å². The lowest BCUT2D eigenvalue weighted by atomic mass is 9.93. The number of hydrogen-bond acceptors (Lipinski definition) is 3. The van der Waals surface area contributed by atoms with Crippen molar-refractivity contribution in [3.8, 4) is 0 Å². The molecule has 1 aromatic heterocycles. The number of likely N-dealkylation sites (N-methyl/N-ethyl adjacent to an activating group) is 1. The van der Waals surface area contributed by atoms with Crippen molar-refractivity contribution in [2.24, 2.45) is 0 Å². The fraction of sp³-hybridized carbons (Fsp3) is 0.407. The number of unbranched alkanes of at least 4 members (excludes halogenated alkanes) is 1. The van der Waals surface area contributed by atoms with Crippen LogP contribution in [0.1, 0.15) is 41.9 Å². The highest BCUT2D eigenvalue weighted by molar-refractivity contribution is 6.42. The smallest absolute Gasteiger partial charge is 0.340 e. The fourth-order valence-corrected chi connectivity index (χ4v) is 5.25. The van der Waals surface area contributed by atoms with Gasteiger partial charge in [-0.15, -0.1) is 0 Å². The molecule has 2 aromatic carbocycles. The van der Waals surface area contributed by atoms with Crippen LogP contribution in [0.2, 0.25) is 10.0 Å². The van der Waals surface area contributed by atoms with E-state index in [4.69, 9.17) is 23.2 Å². The van der Waals surface area contributed by atoms with Gasteiger partial charge in [-0.25, -0.2) is 9.37 Å². The van der Waals surface area contributed by atoms with Gasteiger partial charge in [0, 0.05) is 57.0 Å². The lowest BCUT2D eigenvalue weighted by Crippen LogP contribution is -2.38. The normalized spacial score (nSPS) is 17.9. The molecule has 3 aromatic rings. The van der Waals surface area contributed by atoms with Gasteiger partial charge >= 0.3 is 6.18 Å². The third-order valence-electron chi connectivity index (χ3n) is 6.97. The third-order valence-corrected chi connectivity index (χ3v) is 7.71. The van der Waals surface area contributed by atoms with Crippen LogP contribution in [0.25, 0.3) is 0 Å². The second-order valence-corrected chi connectivity index (χ2v) is 10.4. The van der Waals surface area contributed by atoms with Gasteiger partial charge in [-0.05, 0) is 55.3 Å². The first-order valence-electron chi connectivity index (χ1n) is 12.3. The van der Waals surface area contributed by atoms with E-state index in [-0.39, 0.29) is 24.4 Å². The van der Waals surface area contributed by atoms with Gasteiger partial charge in [-0.2, -0.15) is 13.2 Å². The molecule has 11 heteroatoms. The Bertz CT molecular complexity index is 1250. The van der Waals surface area contributed by atoms with Gasteiger partial charge in [-0.1, -0.05) is 35.3 Å². The van der Waals surface area contributed by atoms with Gasteiger partial charge in [0.1, 0.15) is 5.82 Å². The number of likely N-dealkylation sites (tertiary alicyclic amines) is 1. The number of hydrogen-bond donors (Lipinski definition) is 0. The Labute approximate surface area is 229 Å². The van der Waals surface area contributed by atoms with E-state index in [1.165, 1.54) is 6.07 Å². The first kappa shape index (κ1) is 28.4. The zero-order valence-corrected chi connectivity index (χ0v) is 22.3. The first-order chi connectivity index (χ1) is 18.0. The molecule has 1 unspecified atom stereocenters. The van der Waals surface area contributed by atoms with Crippen LogP contribution in [0.3, 0.4) is 0 Å². The average molecular weight is 571 g/mol. The molecule has 38 heavy (non-hydrogen) atoms. The van der Waals surface area contributed by atoms with E-state index in [1.807, 2.05) is 33.7 Å². The Kier molecular flexibility index (Phi) is 9.00. The van der Waals surface area contributed by atoms with Gasteiger partial charge in [0.15, 0.2) is 0 Å². The number of aromatic nitrogens is 2. The number of aryl methyl sites for hydroxylation is 1. The molecule has 2 atom stereocenters. The molecule has 1 amide bonds. The van der Waals surface area contributed by atoms with Crippen LogP contribution in [-0.4, -0.2) is 51.4 Å².